The average Bonchev–Trinajstić information content (AvgIpc) is 2.02. The van der Waals surface area contributed by atoms with Crippen molar-refractivity contribution in [2.45, 2.75) is 38.3 Å². The number of hydrogen-bond acceptors (Lipinski definition) is 3. The zero-order chi connectivity index (χ0) is 10.8. The minimum atomic E-state index is 0.247. The van der Waals surface area contributed by atoms with Gasteiger partial charge in [0.2, 0.25) is 0 Å². The molecule has 1 heterocycles. The molecule has 14 heavy (non-hydrogen) atoms. The normalized spacial score (nSPS) is 25.7. The summed E-state index contributed by atoms with van der Waals surface area (Å²) in [6.45, 7) is 7.97. The second kappa shape index (κ2) is 4.60. The minimum absolute atomic E-state index is 0.247. The van der Waals surface area contributed by atoms with Crippen LogP contribution in [0.1, 0.15) is 26.7 Å². The summed E-state index contributed by atoms with van der Waals surface area (Å²) in [5.74, 6) is 0. The monoisotopic (exact) mass is 199 g/mol. The molecule has 0 aliphatic carbocycles. The Hall–Kier alpha value is -0.120. The molecule has 0 aromatic rings. The van der Waals surface area contributed by atoms with Crippen LogP contribution in [0.2, 0.25) is 0 Å². The molecule has 3 nitrogen and oxygen atoms in total. The molecule has 1 unspecified atom stereocenters. The van der Waals surface area contributed by atoms with Gasteiger partial charge < -0.3 is 10.6 Å². The summed E-state index contributed by atoms with van der Waals surface area (Å²) in [5, 5.41) is 0. The number of nitrogens with zero attached hydrogens (tertiary/aromatic N) is 2. The Morgan fingerprint density at radius 2 is 2.07 bits per heavy atom. The van der Waals surface area contributed by atoms with Crippen LogP contribution in [0.5, 0.6) is 0 Å². The van der Waals surface area contributed by atoms with Gasteiger partial charge in [0.15, 0.2) is 0 Å². The number of hydrogen-bond donors (Lipinski definition) is 1. The smallest absolute Gasteiger partial charge is 0.0274 e. The van der Waals surface area contributed by atoms with Gasteiger partial charge in [-0.2, -0.15) is 0 Å². The van der Waals surface area contributed by atoms with Crippen molar-refractivity contribution in [1.82, 2.24) is 9.80 Å². The fraction of sp³-hybridized carbons (Fsp3) is 1.00. The molecule has 1 aliphatic heterocycles. The molecule has 0 radical (unpaired) electrons. The SMILES string of the molecule is CN(C)C(C)(C)CN1CCCC(N)C1. The molecule has 84 valence electrons. The molecule has 0 aromatic carbocycles. The first-order chi connectivity index (χ1) is 6.42. The van der Waals surface area contributed by atoms with E-state index in [1.807, 2.05) is 0 Å². The molecule has 1 atom stereocenters. The van der Waals surface area contributed by atoms with Crippen molar-refractivity contribution >= 4 is 0 Å². The second-order valence-corrected chi connectivity index (χ2v) is 5.34. The van der Waals surface area contributed by atoms with Crippen LogP contribution in [0.4, 0.5) is 0 Å². The van der Waals surface area contributed by atoms with E-state index in [1.165, 1.54) is 19.4 Å². The van der Waals surface area contributed by atoms with Crippen LogP contribution in [0, 0.1) is 0 Å². The number of likely N-dealkylation sites (N-methyl/N-ethyl adjacent to an activating group) is 1. The van der Waals surface area contributed by atoms with Gasteiger partial charge in [0.05, 0.1) is 0 Å². The quantitative estimate of drug-likeness (QED) is 0.728. The standard InChI is InChI=1S/C11H25N3/c1-11(2,13(3)4)9-14-7-5-6-10(12)8-14/h10H,5-9,12H2,1-4H3. The lowest BCUT2D eigenvalue weighted by Gasteiger charge is -2.40. The molecule has 0 aromatic heterocycles. The van der Waals surface area contributed by atoms with E-state index >= 15 is 0 Å². The van der Waals surface area contributed by atoms with E-state index in [9.17, 15) is 0 Å². The fourth-order valence-electron chi connectivity index (χ4n) is 1.92. The van der Waals surface area contributed by atoms with E-state index in [1.54, 1.807) is 0 Å². The summed E-state index contributed by atoms with van der Waals surface area (Å²) in [4.78, 5) is 4.78. The van der Waals surface area contributed by atoms with E-state index in [-0.39, 0.29) is 5.54 Å². The van der Waals surface area contributed by atoms with Crippen molar-refractivity contribution in [2.75, 3.05) is 33.7 Å². The third-order valence-corrected chi connectivity index (χ3v) is 3.36. The Morgan fingerprint density at radius 3 is 2.57 bits per heavy atom. The summed E-state index contributed by atoms with van der Waals surface area (Å²) in [7, 11) is 4.29. The highest BCUT2D eigenvalue weighted by Crippen LogP contribution is 2.16. The molecule has 1 aliphatic rings. The zero-order valence-corrected chi connectivity index (χ0v) is 10.1. The van der Waals surface area contributed by atoms with Crippen molar-refractivity contribution in [3.63, 3.8) is 0 Å². The highest BCUT2D eigenvalue weighted by Gasteiger charge is 2.26. The Labute approximate surface area is 88.2 Å². The molecule has 3 heteroatoms. The summed E-state index contributed by atoms with van der Waals surface area (Å²) in [5.41, 5.74) is 6.21. The first kappa shape index (κ1) is 12.0. The first-order valence-corrected chi connectivity index (χ1v) is 5.57. The van der Waals surface area contributed by atoms with Gasteiger partial charge in [-0.25, -0.2) is 0 Å². The van der Waals surface area contributed by atoms with Gasteiger partial charge in [-0.1, -0.05) is 0 Å². The van der Waals surface area contributed by atoms with Gasteiger partial charge in [-0.3, -0.25) is 4.90 Å². The number of nitrogens with two attached hydrogens (primary N) is 1. The molecular formula is C11H25N3. The molecule has 2 N–H and O–H groups in total. The molecule has 1 rings (SSSR count). The predicted octanol–water partition coefficient (Wildman–Crippen LogP) is 0.750. The van der Waals surface area contributed by atoms with Crippen molar-refractivity contribution in [1.29, 1.82) is 0 Å². The van der Waals surface area contributed by atoms with Crippen molar-refractivity contribution in [3.05, 3.63) is 0 Å². The van der Waals surface area contributed by atoms with Crippen LogP contribution in [0.25, 0.3) is 0 Å². The van der Waals surface area contributed by atoms with Gasteiger partial charge >= 0.3 is 0 Å². The first-order valence-electron chi connectivity index (χ1n) is 5.57. The van der Waals surface area contributed by atoms with E-state index in [0.717, 1.165) is 13.1 Å². The number of piperidine rings is 1. The average molecular weight is 199 g/mol. The maximum absolute atomic E-state index is 5.96. The van der Waals surface area contributed by atoms with Crippen LogP contribution in [-0.4, -0.2) is 55.1 Å². The van der Waals surface area contributed by atoms with Crippen molar-refractivity contribution in [3.8, 4) is 0 Å². The Morgan fingerprint density at radius 1 is 1.43 bits per heavy atom. The van der Waals surface area contributed by atoms with Crippen LogP contribution in [-0.2, 0) is 0 Å². The molecule has 1 fully saturated rings. The Bertz CT molecular complexity index is 177. The molecule has 1 saturated heterocycles. The minimum Gasteiger partial charge on any atom is -0.327 e. The van der Waals surface area contributed by atoms with Crippen LogP contribution in [0.15, 0.2) is 0 Å². The molecule has 0 spiro atoms. The van der Waals surface area contributed by atoms with E-state index in [2.05, 4.69) is 37.7 Å². The van der Waals surface area contributed by atoms with Gasteiger partial charge in [0.1, 0.15) is 0 Å². The van der Waals surface area contributed by atoms with Crippen LogP contribution >= 0.6 is 0 Å². The molecular weight excluding hydrogens is 174 g/mol. The molecule has 0 saturated carbocycles. The highest BCUT2D eigenvalue weighted by molar-refractivity contribution is 4.85. The summed E-state index contributed by atoms with van der Waals surface area (Å²) < 4.78 is 0. The van der Waals surface area contributed by atoms with Gasteiger partial charge in [0, 0.05) is 24.7 Å². The third kappa shape index (κ3) is 3.23. The molecule has 0 amide bonds. The lowest BCUT2D eigenvalue weighted by Crippen LogP contribution is -2.52. The van der Waals surface area contributed by atoms with Crippen molar-refractivity contribution < 1.29 is 0 Å². The second-order valence-electron chi connectivity index (χ2n) is 5.34. The fourth-order valence-corrected chi connectivity index (χ4v) is 1.92. The maximum atomic E-state index is 5.96. The maximum Gasteiger partial charge on any atom is 0.0274 e. The van der Waals surface area contributed by atoms with E-state index < -0.39 is 0 Å². The van der Waals surface area contributed by atoms with E-state index in [0.29, 0.717) is 6.04 Å². The Balaban J connectivity index is 2.43. The lowest BCUT2D eigenvalue weighted by molar-refractivity contribution is 0.0999. The highest BCUT2D eigenvalue weighted by atomic mass is 15.2. The molecule has 0 bridgehead atoms. The van der Waals surface area contributed by atoms with Gasteiger partial charge in [-0.15, -0.1) is 0 Å². The van der Waals surface area contributed by atoms with Crippen molar-refractivity contribution in [2.24, 2.45) is 5.73 Å². The number of rotatable bonds is 3. The summed E-state index contributed by atoms with van der Waals surface area (Å²) in [6.07, 6.45) is 2.45. The third-order valence-electron chi connectivity index (χ3n) is 3.36. The summed E-state index contributed by atoms with van der Waals surface area (Å²) in [6, 6.07) is 0.390. The Kier molecular flexibility index (Phi) is 3.93. The summed E-state index contributed by atoms with van der Waals surface area (Å²) >= 11 is 0. The predicted molar refractivity (Wildman–Crippen MR) is 61.4 cm³/mol. The van der Waals surface area contributed by atoms with Crippen LogP contribution in [0.3, 0.4) is 0 Å². The largest absolute Gasteiger partial charge is 0.327 e. The van der Waals surface area contributed by atoms with Crippen LogP contribution < -0.4 is 5.73 Å². The van der Waals surface area contributed by atoms with Gasteiger partial charge in [-0.05, 0) is 47.3 Å². The number of likely N-dealkylation sites (tertiary alicyclic amines) is 1. The van der Waals surface area contributed by atoms with E-state index in [4.69, 9.17) is 5.73 Å². The van der Waals surface area contributed by atoms with Gasteiger partial charge in [0.25, 0.3) is 0 Å². The topological polar surface area (TPSA) is 32.5 Å². The zero-order valence-electron chi connectivity index (χ0n) is 10.1. The lowest BCUT2D eigenvalue weighted by atomic mass is 10.00.